The van der Waals surface area contributed by atoms with Gasteiger partial charge in [-0.2, -0.15) is 0 Å². The number of hydrogen-bond donors (Lipinski definition) is 1. The molecule has 0 saturated carbocycles. The molecule has 1 aliphatic heterocycles. The Morgan fingerprint density at radius 2 is 2.05 bits per heavy atom. The lowest BCUT2D eigenvalue weighted by atomic mass is 10.0. The Morgan fingerprint density at radius 3 is 2.73 bits per heavy atom. The lowest BCUT2D eigenvalue weighted by molar-refractivity contribution is 0.171. The quantitative estimate of drug-likeness (QED) is 0.922. The van der Waals surface area contributed by atoms with Crippen LogP contribution in [-0.2, 0) is 7.05 Å². The van der Waals surface area contributed by atoms with Crippen molar-refractivity contribution in [3.63, 3.8) is 0 Å². The van der Waals surface area contributed by atoms with E-state index >= 15 is 0 Å². The summed E-state index contributed by atoms with van der Waals surface area (Å²) >= 11 is 0. The van der Waals surface area contributed by atoms with Crippen LogP contribution in [0.25, 0.3) is 0 Å². The lowest BCUT2D eigenvalue weighted by Crippen LogP contribution is -2.26. The molecule has 5 nitrogen and oxygen atoms in total. The van der Waals surface area contributed by atoms with Crippen LogP contribution >= 0.6 is 0 Å². The van der Waals surface area contributed by atoms with Gasteiger partial charge in [0.15, 0.2) is 11.5 Å². The minimum atomic E-state index is 0.179. The van der Waals surface area contributed by atoms with Gasteiger partial charge < -0.3 is 19.4 Å². The number of fused-ring (bicyclic) bond motifs is 1. The standard InChI is InChI=1S/C17H23N3O2/c1-4-14(19-12(2)17-18-7-8-20(17)3)13-5-6-15-16(11-13)22-10-9-21-15/h5-8,11-12,14,19H,4,9-10H2,1-3H3. The minimum absolute atomic E-state index is 0.179. The molecule has 0 aliphatic carbocycles. The van der Waals surface area contributed by atoms with Gasteiger partial charge in [0.05, 0.1) is 6.04 Å². The number of nitrogens with one attached hydrogen (secondary N) is 1. The average Bonchev–Trinajstić information content (AvgIpc) is 2.98. The Morgan fingerprint density at radius 1 is 1.27 bits per heavy atom. The van der Waals surface area contributed by atoms with Crippen LogP contribution in [0.15, 0.2) is 30.6 Å². The summed E-state index contributed by atoms with van der Waals surface area (Å²) in [4.78, 5) is 4.42. The van der Waals surface area contributed by atoms with Crippen molar-refractivity contribution >= 4 is 0 Å². The van der Waals surface area contributed by atoms with E-state index in [1.807, 2.05) is 30.1 Å². The molecular formula is C17H23N3O2. The first-order valence-electron chi connectivity index (χ1n) is 7.82. The first kappa shape index (κ1) is 14.9. The van der Waals surface area contributed by atoms with Crippen LogP contribution in [0, 0.1) is 0 Å². The third kappa shape index (κ3) is 2.95. The molecule has 2 aromatic rings. The zero-order valence-corrected chi connectivity index (χ0v) is 13.4. The van der Waals surface area contributed by atoms with E-state index in [2.05, 4.69) is 36.3 Å². The Kier molecular flexibility index (Phi) is 4.34. The smallest absolute Gasteiger partial charge is 0.161 e. The molecule has 118 valence electrons. The summed E-state index contributed by atoms with van der Waals surface area (Å²) < 4.78 is 13.3. The molecule has 0 spiro atoms. The van der Waals surface area contributed by atoms with Crippen molar-refractivity contribution < 1.29 is 9.47 Å². The summed E-state index contributed by atoms with van der Waals surface area (Å²) in [5, 5.41) is 3.65. The second-order valence-corrected chi connectivity index (χ2v) is 5.65. The zero-order chi connectivity index (χ0) is 15.5. The highest BCUT2D eigenvalue weighted by molar-refractivity contribution is 5.44. The van der Waals surface area contributed by atoms with E-state index in [9.17, 15) is 0 Å². The Bertz CT molecular complexity index is 639. The second kappa shape index (κ2) is 6.40. The van der Waals surface area contributed by atoms with Gasteiger partial charge in [0.2, 0.25) is 0 Å². The molecule has 2 unspecified atom stereocenters. The highest BCUT2D eigenvalue weighted by Crippen LogP contribution is 2.33. The van der Waals surface area contributed by atoms with E-state index in [1.54, 1.807) is 0 Å². The molecule has 0 fully saturated rings. The van der Waals surface area contributed by atoms with E-state index < -0.39 is 0 Å². The van der Waals surface area contributed by atoms with Gasteiger partial charge in [-0.15, -0.1) is 0 Å². The molecule has 0 saturated heterocycles. The topological polar surface area (TPSA) is 48.3 Å². The van der Waals surface area contributed by atoms with Crippen LogP contribution in [0.4, 0.5) is 0 Å². The molecule has 1 aromatic heterocycles. The van der Waals surface area contributed by atoms with Crippen molar-refractivity contribution in [2.75, 3.05) is 13.2 Å². The van der Waals surface area contributed by atoms with Gasteiger partial charge >= 0.3 is 0 Å². The molecule has 3 rings (SSSR count). The number of hydrogen-bond acceptors (Lipinski definition) is 4. The SMILES string of the molecule is CCC(NC(C)c1nccn1C)c1ccc2c(c1)OCCO2. The van der Waals surface area contributed by atoms with Gasteiger partial charge in [-0.25, -0.2) is 4.98 Å². The molecule has 22 heavy (non-hydrogen) atoms. The highest BCUT2D eigenvalue weighted by Gasteiger charge is 2.19. The van der Waals surface area contributed by atoms with Gasteiger partial charge in [0.25, 0.3) is 0 Å². The van der Waals surface area contributed by atoms with Crippen LogP contribution in [-0.4, -0.2) is 22.8 Å². The minimum Gasteiger partial charge on any atom is -0.486 e. The zero-order valence-electron chi connectivity index (χ0n) is 13.4. The van der Waals surface area contributed by atoms with E-state index in [4.69, 9.17) is 9.47 Å². The fourth-order valence-electron chi connectivity index (χ4n) is 2.90. The second-order valence-electron chi connectivity index (χ2n) is 5.65. The number of ether oxygens (including phenoxy) is 2. The summed E-state index contributed by atoms with van der Waals surface area (Å²) in [7, 11) is 2.02. The average molecular weight is 301 g/mol. The first-order chi connectivity index (χ1) is 10.7. The van der Waals surface area contributed by atoms with Crippen molar-refractivity contribution in [1.29, 1.82) is 0 Å². The maximum atomic E-state index is 5.69. The molecule has 2 heterocycles. The predicted molar refractivity (Wildman–Crippen MR) is 85.2 cm³/mol. The van der Waals surface area contributed by atoms with Gasteiger partial charge in [-0.3, -0.25) is 0 Å². The molecule has 0 radical (unpaired) electrons. The maximum absolute atomic E-state index is 5.69. The third-order valence-electron chi connectivity index (χ3n) is 4.07. The summed E-state index contributed by atoms with van der Waals surface area (Å²) in [6, 6.07) is 6.63. The van der Waals surface area contributed by atoms with Crippen LogP contribution in [0.3, 0.4) is 0 Å². The van der Waals surface area contributed by atoms with Crippen LogP contribution < -0.4 is 14.8 Å². The Balaban J connectivity index is 1.78. The molecule has 5 heteroatoms. The fourth-order valence-corrected chi connectivity index (χ4v) is 2.90. The molecule has 1 N–H and O–H groups in total. The fraction of sp³-hybridized carbons (Fsp3) is 0.471. The number of aryl methyl sites for hydroxylation is 1. The summed E-state index contributed by atoms with van der Waals surface area (Å²) in [5.41, 5.74) is 1.22. The van der Waals surface area contributed by atoms with E-state index in [0.29, 0.717) is 13.2 Å². The van der Waals surface area contributed by atoms with E-state index in [-0.39, 0.29) is 12.1 Å². The molecule has 2 atom stereocenters. The number of aromatic nitrogens is 2. The molecule has 1 aliphatic rings. The first-order valence-corrected chi connectivity index (χ1v) is 7.82. The van der Waals surface area contributed by atoms with Crippen LogP contribution in [0.1, 0.15) is 43.7 Å². The van der Waals surface area contributed by atoms with Crippen molar-refractivity contribution in [3.8, 4) is 11.5 Å². The number of nitrogens with zero attached hydrogens (tertiary/aromatic N) is 2. The van der Waals surface area contributed by atoms with Crippen LogP contribution in [0.2, 0.25) is 0 Å². The van der Waals surface area contributed by atoms with E-state index in [0.717, 1.165) is 23.7 Å². The van der Waals surface area contributed by atoms with Crippen molar-refractivity contribution in [2.24, 2.45) is 7.05 Å². The predicted octanol–water partition coefficient (Wildman–Crippen LogP) is 2.99. The maximum Gasteiger partial charge on any atom is 0.161 e. The van der Waals surface area contributed by atoms with Crippen LogP contribution in [0.5, 0.6) is 11.5 Å². The Labute approximate surface area is 131 Å². The van der Waals surface area contributed by atoms with Gasteiger partial charge in [0, 0.05) is 25.5 Å². The van der Waals surface area contributed by atoms with Crippen molar-refractivity contribution in [1.82, 2.24) is 14.9 Å². The normalized spacial score (nSPS) is 16.3. The van der Waals surface area contributed by atoms with Gasteiger partial charge in [-0.05, 0) is 31.0 Å². The summed E-state index contributed by atoms with van der Waals surface area (Å²) in [6.45, 7) is 5.56. The Hall–Kier alpha value is -2.01. The van der Waals surface area contributed by atoms with Gasteiger partial charge in [0.1, 0.15) is 19.0 Å². The van der Waals surface area contributed by atoms with Gasteiger partial charge in [-0.1, -0.05) is 13.0 Å². The third-order valence-corrected chi connectivity index (χ3v) is 4.07. The van der Waals surface area contributed by atoms with Crippen molar-refractivity contribution in [2.45, 2.75) is 32.4 Å². The molecular weight excluding hydrogens is 278 g/mol. The summed E-state index contributed by atoms with van der Waals surface area (Å²) in [5.74, 6) is 2.71. The molecule has 0 bridgehead atoms. The number of imidazole rings is 1. The van der Waals surface area contributed by atoms with Crippen molar-refractivity contribution in [3.05, 3.63) is 42.0 Å². The lowest BCUT2D eigenvalue weighted by Gasteiger charge is -2.25. The van der Waals surface area contributed by atoms with E-state index in [1.165, 1.54) is 5.56 Å². The molecule has 1 aromatic carbocycles. The monoisotopic (exact) mass is 301 g/mol. The molecule has 0 amide bonds. The number of benzene rings is 1. The highest BCUT2D eigenvalue weighted by atomic mass is 16.6. The summed E-state index contributed by atoms with van der Waals surface area (Å²) in [6.07, 6.45) is 4.80. The number of rotatable bonds is 5. The largest absolute Gasteiger partial charge is 0.486 e.